The molecule has 0 aliphatic carbocycles. The summed E-state index contributed by atoms with van der Waals surface area (Å²) in [6.45, 7) is 8.39. The van der Waals surface area contributed by atoms with Crippen molar-refractivity contribution < 1.29 is 22.7 Å². The van der Waals surface area contributed by atoms with E-state index in [-0.39, 0.29) is 35.3 Å². The Morgan fingerprint density at radius 3 is 2.18 bits per heavy atom. The molecule has 9 heteroatoms. The molecule has 1 rings (SSSR count). The van der Waals surface area contributed by atoms with Gasteiger partial charge in [-0.2, -0.15) is 4.31 Å². The molecule has 8 nitrogen and oxygen atoms in total. The predicted molar refractivity (Wildman–Crippen MR) is 108 cm³/mol. The van der Waals surface area contributed by atoms with Crippen molar-refractivity contribution in [3.8, 4) is 0 Å². The lowest BCUT2D eigenvalue weighted by molar-refractivity contribution is -0.145. The molecule has 1 unspecified atom stereocenters. The summed E-state index contributed by atoms with van der Waals surface area (Å²) in [4.78, 5) is 25.8. The van der Waals surface area contributed by atoms with E-state index >= 15 is 0 Å². The molecule has 0 aliphatic rings. The van der Waals surface area contributed by atoms with E-state index in [4.69, 9.17) is 4.74 Å². The van der Waals surface area contributed by atoms with Crippen LogP contribution in [0.25, 0.3) is 0 Å². The molecular formula is C19H31N3O5S. The van der Waals surface area contributed by atoms with Crippen molar-refractivity contribution in [2.24, 2.45) is 5.92 Å². The van der Waals surface area contributed by atoms with Gasteiger partial charge in [0.1, 0.15) is 0 Å². The van der Waals surface area contributed by atoms with E-state index in [2.05, 4.69) is 5.32 Å². The number of anilines is 1. The zero-order valence-electron chi connectivity index (χ0n) is 17.4. The van der Waals surface area contributed by atoms with E-state index in [0.717, 1.165) is 0 Å². The van der Waals surface area contributed by atoms with Crippen LogP contribution in [0.2, 0.25) is 0 Å². The third-order valence-corrected chi connectivity index (χ3v) is 6.54. The quantitative estimate of drug-likeness (QED) is 0.588. The summed E-state index contributed by atoms with van der Waals surface area (Å²) in [5.41, 5.74) is 0.508. The van der Waals surface area contributed by atoms with E-state index in [0.29, 0.717) is 18.8 Å². The van der Waals surface area contributed by atoms with Crippen molar-refractivity contribution in [3.05, 3.63) is 24.3 Å². The fourth-order valence-corrected chi connectivity index (χ4v) is 3.89. The molecule has 1 amide bonds. The summed E-state index contributed by atoms with van der Waals surface area (Å²) in [6, 6.07) is 5.91. The lowest BCUT2D eigenvalue weighted by Crippen LogP contribution is -2.38. The number of nitrogens with one attached hydrogen (secondary N) is 1. The summed E-state index contributed by atoms with van der Waals surface area (Å²) < 4.78 is 30.9. The smallest absolute Gasteiger partial charge is 0.309 e. The monoisotopic (exact) mass is 413 g/mol. The number of esters is 1. The first-order chi connectivity index (χ1) is 13.0. The maximum absolute atomic E-state index is 12.5. The molecule has 0 fully saturated rings. The maximum Gasteiger partial charge on any atom is 0.309 e. The minimum Gasteiger partial charge on any atom is -0.469 e. The number of sulfonamides is 1. The Bertz CT molecular complexity index is 762. The van der Waals surface area contributed by atoms with Crippen LogP contribution in [-0.2, 0) is 24.3 Å². The normalized spacial score (nSPS) is 13.0. The number of likely N-dealkylation sites (N-methyl/N-ethyl adjacent to an activating group) is 1. The Kier molecular flexibility index (Phi) is 9.06. The average molecular weight is 414 g/mol. The summed E-state index contributed by atoms with van der Waals surface area (Å²) >= 11 is 0. The molecule has 28 heavy (non-hydrogen) atoms. The molecule has 1 N–H and O–H groups in total. The SMILES string of the molecule is CCN(CC(=O)Nc1ccc(S(=O)(=O)N(C)C(C)C)cc1)CC(C)C(=O)OC. The van der Waals surface area contributed by atoms with Gasteiger partial charge in [0.05, 0.1) is 24.5 Å². The highest BCUT2D eigenvalue weighted by molar-refractivity contribution is 7.89. The number of methoxy groups -OCH3 is 1. The summed E-state index contributed by atoms with van der Waals surface area (Å²) in [5, 5.41) is 2.75. The highest BCUT2D eigenvalue weighted by Crippen LogP contribution is 2.19. The summed E-state index contributed by atoms with van der Waals surface area (Å²) in [7, 11) is -0.692. The number of hydrogen-bond donors (Lipinski definition) is 1. The Labute approximate surface area is 167 Å². The van der Waals surface area contributed by atoms with Crippen LogP contribution in [0.5, 0.6) is 0 Å². The molecule has 0 saturated heterocycles. The number of nitrogens with zero attached hydrogens (tertiary/aromatic N) is 2. The van der Waals surface area contributed by atoms with Crippen molar-refractivity contribution in [3.63, 3.8) is 0 Å². The van der Waals surface area contributed by atoms with E-state index in [9.17, 15) is 18.0 Å². The van der Waals surface area contributed by atoms with Crippen LogP contribution < -0.4 is 5.32 Å². The maximum atomic E-state index is 12.5. The van der Waals surface area contributed by atoms with Gasteiger partial charge in [-0.3, -0.25) is 14.5 Å². The van der Waals surface area contributed by atoms with Gasteiger partial charge >= 0.3 is 5.97 Å². The molecule has 0 radical (unpaired) electrons. The van der Waals surface area contributed by atoms with Crippen LogP contribution in [0.3, 0.4) is 0 Å². The van der Waals surface area contributed by atoms with Crippen LogP contribution >= 0.6 is 0 Å². The molecule has 0 aromatic heterocycles. The van der Waals surface area contributed by atoms with Gasteiger partial charge < -0.3 is 10.1 Å². The van der Waals surface area contributed by atoms with Gasteiger partial charge in [0, 0.05) is 25.3 Å². The Hall–Kier alpha value is -1.97. The number of carbonyl (C=O) groups excluding carboxylic acids is 2. The molecule has 1 aromatic carbocycles. The summed E-state index contributed by atoms with van der Waals surface area (Å²) in [5.74, 6) is -0.893. The Morgan fingerprint density at radius 2 is 1.71 bits per heavy atom. The lowest BCUT2D eigenvalue weighted by Gasteiger charge is -2.22. The van der Waals surface area contributed by atoms with Crippen LogP contribution in [-0.4, -0.2) is 69.3 Å². The molecule has 0 saturated carbocycles. The van der Waals surface area contributed by atoms with Gasteiger partial charge in [0.25, 0.3) is 0 Å². The predicted octanol–water partition coefficient (Wildman–Crippen LogP) is 1.78. The highest BCUT2D eigenvalue weighted by atomic mass is 32.2. The van der Waals surface area contributed by atoms with Crippen molar-refractivity contribution in [2.75, 3.05) is 39.1 Å². The van der Waals surface area contributed by atoms with E-state index in [1.807, 2.05) is 11.8 Å². The molecule has 0 spiro atoms. The topological polar surface area (TPSA) is 96.0 Å². The second kappa shape index (κ2) is 10.5. The van der Waals surface area contributed by atoms with Gasteiger partial charge in [-0.25, -0.2) is 8.42 Å². The third kappa shape index (κ3) is 6.57. The van der Waals surface area contributed by atoms with Crippen molar-refractivity contribution in [1.82, 2.24) is 9.21 Å². The van der Waals surface area contributed by atoms with Crippen molar-refractivity contribution in [2.45, 2.75) is 38.6 Å². The number of hydrogen-bond acceptors (Lipinski definition) is 6. The first-order valence-electron chi connectivity index (χ1n) is 9.21. The first-order valence-corrected chi connectivity index (χ1v) is 10.6. The fourth-order valence-electron chi connectivity index (χ4n) is 2.53. The van der Waals surface area contributed by atoms with Gasteiger partial charge in [0.15, 0.2) is 0 Å². The van der Waals surface area contributed by atoms with E-state index in [1.165, 1.54) is 30.6 Å². The van der Waals surface area contributed by atoms with Crippen LogP contribution in [0.15, 0.2) is 29.2 Å². The van der Waals surface area contributed by atoms with Gasteiger partial charge in [-0.05, 0) is 44.7 Å². The number of rotatable bonds is 10. The number of amides is 1. The summed E-state index contributed by atoms with van der Waals surface area (Å²) in [6.07, 6.45) is 0. The van der Waals surface area contributed by atoms with Gasteiger partial charge in [-0.1, -0.05) is 13.8 Å². The van der Waals surface area contributed by atoms with Gasteiger partial charge in [-0.15, -0.1) is 0 Å². The van der Waals surface area contributed by atoms with Crippen LogP contribution in [0.4, 0.5) is 5.69 Å². The number of ether oxygens (including phenoxy) is 1. The molecule has 0 aliphatic heterocycles. The van der Waals surface area contributed by atoms with Crippen molar-refractivity contribution in [1.29, 1.82) is 0 Å². The standard InChI is InChI=1S/C19H31N3O5S/c1-7-22(12-15(4)19(24)27-6)13-18(23)20-16-8-10-17(11-9-16)28(25,26)21(5)14(2)3/h8-11,14-15H,7,12-13H2,1-6H3,(H,20,23). The molecule has 1 atom stereocenters. The Morgan fingerprint density at radius 1 is 1.14 bits per heavy atom. The van der Waals surface area contributed by atoms with Crippen molar-refractivity contribution >= 4 is 27.6 Å². The minimum atomic E-state index is -3.56. The minimum absolute atomic E-state index is 0.119. The van der Waals surface area contributed by atoms with E-state index in [1.54, 1.807) is 32.9 Å². The molecule has 0 heterocycles. The third-order valence-electron chi connectivity index (χ3n) is 4.49. The van der Waals surface area contributed by atoms with Crippen LogP contribution in [0.1, 0.15) is 27.7 Å². The molecule has 1 aromatic rings. The second-order valence-electron chi connectivity index (χ2n) is 6.94. The van der Waals surface area contributed by atoms with Crippen LogP contribution in [0, 0.1) is 5.92 Å². The number of benzene rings is 1. The zero-order valence-corrected chi connectivity index (χ0v) is 18.2. The number of carbonyl (C=O) groups is 2. The van der Waals surface area contributed by atoms with Gasteiger partial charge in [0.2, 0.25) is 15.9 Å². The first kappa shape index (κ1) is 24.1. The lowest BCUT2D eigenvalue weighted by atomic mass is 10.1. The highest BCUT2D eigenvalue weighted by Gasteiger charge is 2.23. The largest absolute Gasteiger partial charge is 0.469 e. The van der Waals surface area contributed by atoms with E-state index < -0.39 is 10.0 Å². The fraction of sp³-hybridized carbons (Fsp3) is 0.579. The Balaban J connectivity index is 2.73. The average Bonchev–Trinajstić information content (AvgIpc) is 2.66. The molecule has 0 bridgehead atoms. The second-order valence-corrected chi connectivity index (χ2v) is 8.94. The zero-order chi connectivity index (χ0) is 21.5. The molecule has 158 valence electrons. The molecular weight excluding hydrogens is 382 g/mol.